The van der Waals surface area contributed by atoms with Gasteiger partial charge in [-0.1, -0.05) is 47.5 Å². The van der Waals surface area contributed by atoms with Crippen molar-refractivity contribution in [2.75, 3.05) is 18.0 Å². The smallest absolute Gasteiger partial charge is 0.217 e. The maximum absolute atomic E-state index is 11.1. The number of aromatic nitrogens is 2. The van der Waals surface area contributed by atoms with Gasteiger partial charge in [-0.25, -0.2) is 9.97 Å². The minimum absolute atomic E-state index is 0.0106. The summed E-state index contributed by atoms with van der Waals surface area (Å²) in [7, 11) is 0. The average molecular weight is 365 g/mol. The van der Waals surface area contributed by atoms with Crippen LogP contribution in [0.5, 0.6) is 0 Å². The monoisotopic (exact) mass is 364 g/mol. The van der Waals surface area contributed by atoms with Gasteiger partial charge in [0.2, 0.25) is 5.91 Å². The van der Waals surface area contributed by atoms with E-state index in [9.17, 15) is 4.79 Å². The fourth-order valence-electron chi connectivity index (χ4n) is 2.87. The molecule has 3 rings (SSSR count). The van der Waals surface area contributed by atoms with Crippen LogP contribution >= 0.6 is 23.2 Å². The molecule has 0 spiro atoms. The highest BCUT2D eigenvalue weighted by Gasteiger charge is 2.31. The number of carbonyl (C=O) groups is 1. The van der Waals surface area contributed by atoms with E-state index < -0.39 is 0 Å². The molecular weight excluding hydrogens is 347 g/mol. The highest BCUT2D eigenvalue weighted by atomic mass is 35.5. The first-order chi connectivity index (χ1) is 11.5. The lowest BCUT2D eigenvalue weighted by Gasteiger charge is -2.40. The minimum Gasteiger partial charge on any atom is -0.354 e. The van der Waals surface area contributed by atoms with E-state index in [-0.39, 0.29) is 17.1 Å². The molecule has 0 saturated carbocycles. The van der Waals surface area contributed by atoms with Crippen molar-refractivity contribution in [2.24, 2.45) is 0 Å². The first-order valence-corrected chi connectivity index (χ1v) is 8.49. The van der Waals surface area contributed by atoms with Crippen LogP contribution in [0.25, 0.3) is 0 Å². The van der Waals surface area contributed by atoms with Gasteiger partial charge in [-0.3, -0.25) is 4.79 Å². The molecule has 2 heterocycles. The van der Waals surface area contributed by atoms with Crippen LogP contribution in [-0.4, -0.2) is 29.0 Å². The first kappa shape index (κ1) is 17.0. The number of benzene rings is 1. The number of hydrogen-bond donors (Lipinski definition) is 1. The number of rotatable bonds is 4. The molecule has 1 aromatic heterocycles. The topological polar surface area (TPSA) is 58.1 Å². The molecule has 1 aliphatic rings. The summed E-state index contributed by atoms with van der Waals surface area (Å²) in [5.41, 5.74) is 2.36. The molecule has 5 nitrogen and oxygen atoms in total. The van der Waals surface area contributed by atoms with Gasteiger partial charge in [0.1, 0.15) is 11.3 Å². The molecule has 1 amide bonds. The van der Waals surface area contributed by atoms with E-state index in [0.717, 1.165) is 18.7 Å². The number of nitrogens with zero attached hydrogens (tertiary/aromatic N) is 3. The molecule has 1 saturated heterocycles. The lowest BCUT2D eigenvalue weighted by molar-refractivity contribution is -0.119. The number of anilines is 1. The zero-order chi connectivity index (χ0) is 17.3. The molecule has 1 unspecified atom stereocenters. The van der Waals surface area contributed by atoms with E-state index in [1.165, 1.54) is 18.8 Å². The van der Waals surface area contributed by atoms with E-state index in [1.807, 2.05) is 6.92 Å². The Kier molecular flexibility index (Phi) is 4.92. The van der Waals surface area contributed by atoms with Gasteiger partial charge in [0.25, 0.3) is 0 Å². The van der Waals surface area contributed by atoms with Gasteiger partial charge < -0.3 is 10.2 Å². The fourth-order valence-corrected chi connectivity index (χ4v) is 3.21. The van der Waals surface area contributed by atoms with E-state index in [4.69, 9.17) is 23.2 Å². The van der Waals surface area contributed by atoms with Crippen molar-refractivity contribution in [1.29, 1.82) is 0 Å². The maximum atomic E-state index is 11.1. The van der Waals surface area contributed by atoms with Crippen molar-refractivity contribution in [3.63, 3.8) is 0 Å². The van der Waals surface area contributed by atoms with E-state index >= 15 is 0 Å². The van der Waals surface area contributed by atoms with Crippen molar-refractivity contribution in [1.82, 2.24) is 15.3 Å². The van der Waals surface area contributed by atoms with Gasteiger partial charge in [-0.15, -0.1) is 0 Å². The normalized spacial score (nSPS) is 15.8. The molecule has 1 atom stereocenters. The zero-order valence-electron chi connectivity index (χ0n) is 13.5. The molecule has 1 aliphatic heterocycles. The van der Waals surface area contributed by atoms with Crippen LogP contribution in [0.1, 0.15) is 36.9 Å². The van der Waals surface area contributed by atoms with Gasteiger partial charge >= 0.3 is 0 Å². The van der Waals surface area contributed by atoms with Gasteiger partial charge in [0.15, 0.2) is 11.0 Å². The predicted molar refractivity (Wildman–Crippen MR) is 95.7 cm³/mol. The summed E-state index contributed by atoms with van der Waals surface area (Å²) in [5.74, 6) is 1.09. The summed E-state index contributed by atoms with van der Waals surface area (Å²) in [4.78, 5) is 21.3. The third kappa shape index (κ3) is 3.47. The Morgan fingerprint density at radius 1 is 1.25 bits per heavy atom. The highest BCUT2D eigenvalue weighted by Crippen LogP contribution is 2.36. The van der Waals surface area contributed by atoms with Gasteiger partial charge in [-0.05, 0) is 18.1 Å². The zero-order valence-corrected chi connectivity index (χ0v) is 15.0. The molecule has 1 fully saturated rings. The number of nitrogens with one attached hydrogen (secondary N) is 1. The fraction of sp³-hybridized carbons (Fsp3) is 0.353. The van der Waals surface area contributed by atoms with Crippen molar-refractivity contribution in [3.05, 3.63) is 51.9 Å². The van der Waals surface area contributed by atoms with Crippen LogP contribution in [0.15, 0.2) is 30.6 Å². The highest BCUT2D eigenvalue weighted by molar-refractivity contribution is 6.42. The molecule has 0 bridgehead atoms. The maximum Gasteiger partial charge on any atom is 0.217 e. The van der Waals surface area contributed by atoms with Crippen LogP contribution in [-0.2, 0) is 4.79 Å². The van der Waals surface area contributed by atoms with Crippen LogP contribution in [0.2, 0.25) is 10.2 Å². The number of hydrogen-bond acceptors (Lipinski definition) is 4. The Hall–Kier alpha value is -1.85. The number of amides is 1. The van der Waals surface area contributed by atoms with E-state index in [2.05, 4.69) is 44.5 Å². The van der Waals surface area contributed by atoms with Crippen molar-refractivity contribution >= 4 is 34.9 Å². The standard InChI is InChI=1S/C17H18Cl2N4O/c1-10(22-11(2)24)12-3-5-13(6-4-12)14-7-23(8-14)17-15(18)16(19)20-9-21-17/h3-6,9-10,14H,7-8H2,1-2H3,(H,22,24). The van der Waals surface area contributed by atoms with Crippen molar-refractivity contribution < 1.29 is 4.79 Å². The first-order valence-electron chi connectivity index (χ1n) is 7.73. The quantitative estimate of drug-likeness (QED) is 0.842. The largest absolute Gasteiger partial charge is 0.354 e. The summed E-state index contributed by atoms with van der Waals surface area (Å²) in [5, 5.41) is 3.57. The Balaban J connectivity index is 1.64. The average Bonchev–Trinajstić information content (AvgIpc) is 2.50. The SMILES string of the molecule is CC(=O)NC(C)c1ccc(C2CN(c3ncnc(Cl)c3Cl)C2)cc1. The minimum atomic E-state index is -0.0263. The van der Waals surface area contributed by atoms with Gasteiger partial charge in [0, 0.05) is 25.9 Å². The van der Waals surface area contributed by atoms with Gasteiger partial charge in [-0.2, -0.15) is 0 Å². The molecule has 1 N–H and O–H groups in total. The Bertz CT molecular complexity index is 745. The van der Waals surface area contributed by atoms with Crippen molar-refractivity contribution in [3.8, 4) is 0 Å². The lowest BCUT2D eigenvalue weighted by Crippen LogP contribution is -2.45. The summed E-state index contributed by atoms with van der Waals surface area (Å²) in [6, 6.07) is 8.37. The third-order valence-electron chi connectivity index (χ3n) is 4.24. The summed E-state index contributed by atoms with van der Waals surface area (Å²) >= 11 is 12.1. The Morgan fingerprint density at radius 3 is 2.54 bits per heavy atom. The van der Waals surface area contributed by atoms with Crippen LogP contribution in [0, 0.1) is 0 Å². The molecule has 1 aromatic carbocycles. The third-order valence-corrected chi connectivity index (χ3v) is 4.97. The molecule has 0 radical (unpaired) electrons. The molecule has 7 heteroatoms. The van der Waals surface area contributed by atoms with Crippen LogP contribution < -0.4 is 10.2 Å². The second-order valence-electron chi connectivity index (χ2n) is 5.99. The number of halogens is 2. The molecule has 24 heavy (non-hydrogen) atoms. The van der Waals surface area contributed by atoms with Gasteiger partial charge in [0.05, 0.1) is 6.04 Å². The Morgan fingerprint density at radius 2 is 1.92 bits per heavy atom. The molecular formula is C17H18Cl2N4O. The molecule has 126 valence electrons. The predicted octanol–water partition coefficient (Wildman–Crippen LogP) is 3.58. The van der Waals surface area contributed by atoms with Crippen LogP contribution in [0.4, 0.5) is 5.82 Å². The summed E-state index contributed by atoms with van der Waals surface area (Å²) < 4.78 is 0. The second-order valence-corrected chi connectivity index (χ2v) is 6.73. The summed E-state index contributed by atoms with van der Waals surface area (Å²) in [6.07, 6.45) is 1.43. The number of carbonyl (C=O) groups excluding carboxylic acids is 1. The van der Waals surface area contributed by atoms with Crippen molar-refractivity contribution in [2.45, 2.75) is 25.8 Å². The van der Waals surface area contributed by atoms with E-state index in [1.54, 1.807) is 0 Å². The molecule has 0 aliphatic carbocycles. The second kappa shape index (κ2) is 6.95. The van der Waals surface area contributed by atoms with Crippen LogP contribution in [0.3, 0.4) is 0 Å². The Labute approximate surface area is 151 Å². The molecule has 2 aromatic rings. The summed E-state index contributed by atoms with van der Waals surface area (Å²) in [6.45, 7) is 5.18. The van der Waals surface area contributed by atoms with E-state index in [0.29, 0.717) is 16.8 Å². The lowest BCUT2D eigenvalue weighted by atomic mass is 9.90.